The summed E-state index contributed by atoms with van der Waals surface area (Å²) in [7, 11) is 0. The molecule has 5 N–H and O–H groups in total. The van der Waals surface area contributed by atoms with E-state index in [4.69, 9.17) is 15.7 Å². The summed E-state index contributed by atoms with van der Waals surface area (Å²) >= 11 is 0. The molecule has 136 valence electrons. The SMILES string of the molecule is C[C@H](NC(=O)c1ccc(C=NN)cc1)C(=O)NCCCOCC(=O)O. The van der Waals surface area contributed by atoms with Crippen LogP contribution in [0.15, 0.2) is 29.4 Å². The molecule has 0 saturated heterocycles. The second-order valence-corrected chi connectivity index (χ2v) is 5.19. The van der Waals surface area contributed by atoms with Crippen LogP contribution in [0.25, 0.3) is 0 Å². The molecule has 0 unspecified atom stereocenters. The van der Waals surface area contributed by atoms with E-state index < -0.39 is 12.0 Å². The first kappa shape index (κ1) is 20.1. The highest BCUT2D eigenvalue weighted by Gasteiger charge is 2.16. The van der Waals surface area contributed by atoms with E-state index >= 15 is 0 Å². The number of nitrogens with two attached hydrogens (primary N) is 1. The molecule has 1 rings (SSSR count). The van der Waals surface area contributed by atoms with Crippen molar-refractivity contribution in [3.8, 4) is 0 Å². The van der Waals surface area contributed by atoms with Gasteiger partial charge in [0.2, 0.25) is 5.91 Å². The third-order valence-corrected chi connectivity index (χ3v) is 3.13. The zero-order chi connectivity index (χ0) is 18.7. The van der Waals surface area contributed by atoms with Gasteiger partial charge in [-0.25, -0.2) is 4.79 Å². The number of benzene rings is 1. The summed E-state index contributed by atoms with van der Waals surface area (Å²) < 4.78 is 4.85. The van der Waals surface area contributed by atoms with E-state index in [1.165, 1.54) is 6.21 Å². The fourth-order valence-corrected chi connectivity index (χ4v) is 1.85. The zero-order valence-corrected chi connectivity index (χ0v) is 13.9. The van der Waals surface area contributed by atoms with Crippen molar-refractivity contribution in [2.24, 2.45) is 10.9 Å². The molecule has 0 aliphatic rings. The van der Waals surface area contributed by atoms with Crippen LogP contribution in [0.1, 0.15) is 29.3 Å². The Morgan fingerprint density at radius 2 is 2.00 bits per heavy atom. The number of ether oxygens (including phenoxy) is 1. The number of hydrazone groups is 1. The molecule has 0 saturated carbocycles. The van der Waals surface area contributed by atoms with Crippen molar-refractivity contribution in [2.75, 3.05) is 19.8 Å². The highest BCUT2D eigenvalue weighted by molar-refractivity contribution is 5.97. The second-order valence-electron chi connectivity index (χ2n) is 5.19. The van der Waals surface area contributed by atoms with Crippen molar-refractivity contribution in [2.45, 2.75) is 19.4 Å². The standard InChI is InChI=1S/C16H22N4O5/c1-11(15(23)18-7-2-8-25-10-14(21)22)20-16(24)13-5-3-12(4-6-13)9-19-17/h3-6,9,11H,2,7-8,10,17H2,1H3,(H,18,23)(H,20,24)(H,21,22)/t11-/m0/s1. The summed E-state index contributed by atoms with van der Waals surface area (Å²) in [5, 5.41) is 17.0. The number of aliphatic carboxylic acids is 1. The maximum absolute atomic E-state index is 12.1. The molecular weight excluding hydrogens is 328 g/mol. The van der Waals surface area contributed by atoms with Crippen LogP contribution in [0.2, 0.25) is 0 Å². The highest BCUT2D eigenvalue weighted by Crippen LogP contribution is 2.03. The summed E-state index contributed by atoms with van der Waals surface area (Å²) in [5.74, 6) is 3.30. The van der Waals surface area contributed by atoms with Crippen LogP contribution >= 0.6 is 0 Å². The lowest BCUT2D eigenvalue weighted by Gasteiger charge is -2.14. The zero-order valence-electron chi connectivity index (χ0n) is 13.9. The minimum atomic E-state index is -1.04. The fourth-order valence-electron chi connectivity index (χ4n) is 1.85. The Labute approximate surface area is 145 Å². The summed E-state index contributed by atoms with van der Waals surface area (Å²) in [6.45, 7) is 1.76. The molecule has 0 radical (unpaired) electrons. The molecular formula is C16H22N4O5. The van der Waals surface area contributed by atoms with E-state index in [1.807, 2.05) is 0 Å². The summed E-state index contributed by atoms with van der Waals surface area (Å²) in [6, 6.07) is 5.88. The van der Waals surface area contributed by atoms with E-state index in [1.54, 1.807) is 31.2 Å². The minimum absolute atomic E-state index is 0.228. The largest absolute Gasteiger partial charge is 0.480 e. The number of hydrogen-bond donors (Lipinski definition) is 4. The van der Waals surface area contributed by atoms with Crippen LogP contribution in [0, 0.1) is 0 Å². The topological polar surface area (TPSA) is 143 Å². The first-order chi connectivity index (χ1) is 11.9. The quantitative estimate of drug-likeness (QED) is 0.197. The molecule has 9 heteroatoms. The second kappa shape index (κ2) is 10.8. The molecule has 1 atom stereocenters. The number of carboxylic acid groups (broad SMARTS) is 1. The van der Waals surface area contributed by atoms with Crippen molar-refractivity contribution in [1.29, 1.82) is 0 Å². The van der Waals surface area contributed by atoms with Gasteiger partial charge in [0, 0.05) is 18.7 Å². The van der Waals surface area contributed by atoms with Gasteiger partial charge in [0.05, 0.1) is 6.21 Å². The Kier molecular flexibility index (Phi) is 8.66. The molecule has 25 heavy (non-hydrogen) atoms. The molecule has 1 aromatic carbocycles. The van der Waals surface area contributed by atoms with Crippen molar-refractivity contribution in [3.05, 3.63) is 35.4 Å². The number of carbonyl (C=O) groups excluding carboxylic acids is 2. The number of nitrogens with zero attached hydrogens (tertiary/aromatic N) is 1. The van der Waals surface area contributed by atoms with Crippen LogP contribution < -0.4 is 16.5 Å². The van der Waals surface area contributed by atoms with Gasteiger partial charge >= 0.3 is 5.97 Å². The van der Waals surface area contributed by atoms with Crippen LogP contribution in [-0.2, 0) is 14.3 Å². The lowest BCUT2D eigenvalue weighted by molar-refractivity contribution is -0.142. The lowest BCUT2D eigenvalue weighted by Crippen LogP contribution is -2.45. The van der Waals surface area contributed by atoms with Gasteiger partial charge in [-0.3, -0.25) is 9.59 Å². The third-order valence-electron chi connectivity index (χ3n) is 3.13. The van der Waals surface area contributed by atoms with Gasteiger partial charge in [-0.05, 0) is 31.0 Å². The Morgan fingerprint density at radius 1 is 1.32 bits per heavy atom. The fraction of sp³-hybridized carbons (Fsp3) is 0.375. The molecule has 0 bridgehead atoms. The molecule has 0 aromatic heterocycles. The number of hydrogen-bond acceptors (Lipinski definition) is 6. The maximum atomic E-state index is 12.1. The molecule has 0 spiro atoms. The molecule has 2 amide bonds. The Hall–Kier alpha value is -2.94. The number of carbonyl (C=O) groups is 3. The van der Waals surface area contributed by atoms with Gasteiger partial charge in [-0.2, -0.15) is 5.10 Å². The number of rotatable bonds is 10. The smallest absolute Gasteiger partial charge is 0.329 e. The van der Waals surface area contributed by atoms with Gasteiger partial charge in [-0.1, -0.05) is 12.1 Å². The van der Waals surface area contributed by atoms with Gasteiger partial charge in [-0.15, -0.1) is 0 Å². The first-order valence-corrected chi connectivity index (χ1v) is 7.65. The Balaban J connectivity index is 2.33. The van der Waals surface area contributed by atoms with Gasteiger partial charge in [0.1, 0.15) is 12.6 Å². The predicted molar refractivity (Wildman–Crippen MR) is 91.2 cm³/mol. The van der Waals surface area contributed by atoms with Crippen LogP contribution in [0.4, 0.5) is 0 Å². The predicted octanol–water partition coefficient (Wildman–Crippen LogP) is -0.295. The molecule has 0 fully saturated rings. The lowest BCUT2D eigenvalue weighted by atomic mass is 10.1. The van der Waals surface area contributed by atoms with Crippen molar-refractivity contribution < 1.29 is 24.2 Å². The van der Waals surface area contributed by atoms with Crippen molar-refractivity contribution >= 4 is 24.0 Å². The normalized spacial score (nSPS) is 11.9. The van der Waals surface area contributed by atoms with E-state index in [0.717, 1.165) is 5.56 Å². The van der Waals surface area contributed by atoms with Gasteiger partial charge in [0.25, 0.3) is 5.91 Å². The molecule has 0 heterocycles. The molecule has 0 aliphatic carbocycles. The first-order valence-electron chi connectivity index (χ1n) is 7.65. The summed E-state index contributed by atoms with van der Waals surface area (Å²) in [6.07, 6.45) is 1.93. The van der Waals surface area contributed by atoms with Gasteiger partial charge < -0.3 is 26.3 Å². The maximum Gasteiger partial charge on any atom is 0.329 e. The van der Waals surface area contributed by atoms with E-state index in [9.17, 15) is 14.4 Å². The average Bonchev–Trinajstić information content (AvgIpc) is 2.58. The Bertz CT molecular complexity index is 615. The van der Waals surface area contributed by atoms with E-state index in [-0.39, 0.29) is 25.0 Å². The van der Waals surface area contributed by atoms with E-state index in [2.05, 4.69) is 15.7 Å². The highest BCUT2D eigenvalue weighted by atomic mass is 16.5. The molecule has 1 aromatic rings. The summed E-state index contributed by atoms with van der Waals surface area (Å²) in [5.41, 5.74) is 1.17. The van der Waals surface area contributed by atoms with Crippen molar-refractivity contribution in [1.82, 2.24) is 10.6 Å². The molecule has 9 nitrogen and oxygen atoms in total. The minimum Gasteiger partial charge on any atom is -0.480 e. The van der Waals surface area contributed by atoms with Crippen LogP contribution in [0.5, 0.6) is 0 Å². The molecule has 0 aliphatic heterocycles. The van der Waals surface area contributed by atoms with E-state index in [0.29, 0.717) is 18.5 Å². The monoisotopic (exact) mass is 350 g/mol. The number of carboxylic acids is 1. The van der Waals surface area contributed by atoms with Crippen molar-refractivity contribution in [3.63, 3.8) is 0 Å². The number of amides is 2. The third kappa shape index (κ3) is 7.93. The van der Waals surface area contributed by atoms with Gasteiger partial charge in [0.15, 0.2) is 0 Å². The number of nitrogens with one attached hydrogen (secondary N) is 2. The van der Waals surface area contributed by atoms with Crippen LogP contribution in [-0.4, -0.2) is 54.9 Å². The average molecular weight is 350 g/mol. The summed E-state index contributed by atoms with van der Waals surface area (Å²) in [4.78, 5) is 34.2. The Morgan fingerprint density at radius 3 is 2.60 bits per heavy atom. The van der Waals surface area contributed by atoms with Crippen LogP contribution in [0.3, 0.4) is 0 Å².